The van der Waals surface area contributed by atoms with E-state index in [4.69, 9.17) is 5.26 Å². The number of thioether (sulfide) groups is 1. The molecule has 1 aliphatic carbocycles. The lowest BCUT2D eigenvalue weighted by Crippen LogP contribution is -2.45. The van der Waals surface area contributed by atoms with Crippen molar-refractivity contribution in [3.8, 4) is 6.07 Å². The van der Waals surface area contributed by atoms with Gasteiger partial charge in [-0.15, -0.1) is 24.0 Å². The maximum atomic E-state index is 10.3. The standard InChI is InChI=1S/C14H24N4OS.HI/c1-2-16-13(17-9-14(19)6-7-20-10-14)18-12-5-3-4-11(12)8-15;/h11-12,19H,2-7,9-10H2,1H3,(H2,16,17,18);1H. The highest BCUT2D eigenvalue weighted by Crippen LogP contribution is 2.28. The average Bonchev–Trinajstić information content (AvgIpc) is 3.06. The summed E-state index contributed by atoms with van der Waals surface area (Å²) in [5.41, 5.74) is -0.655. The van der Waals surface area contributed by atoms with Gasteiger partial charge in [0.15, 0.2) is 5.96 Å². The van der Waals surface area contributed by atoms with Gasteiger partial charge in [-0.3, -0.25) is 4.99 Å². The third kappa shape index (κ3) is 5.49. The summed E-state index contributed by atoms with van der Waals surface area (Å²) in [6, 6.07) is 2.55. The van der Waals surface area contributed by atoms with Crippen molar-refractivity contribution in [3.05, 3.63) is 0 Å². The average molecular weight is 424 g/mol. The predicted octanol–water partition coefficient (Wildman–Crippen LogP) is 1.72. The number of hydrogen-bond acceptors (Lipinski definition) is 4. The van der Waals surface area contributed by atoms with Gasteiger partial charge in [-0.05, 0) is 38.4 Å². The molecule has 1 aliphatic heterocycles. The number of nitriles is 1. The van der Waals surface area contributed by atoms with Crippen molar-refractivity contribution in [2.24, 2.45) is 10.9 Å². The first-order valence-corrected chi connectivity index (χ1v) is 8.57. The molecule has 1 heterocycles. The predicted molar refractivity (Wildman–Crippen MR) is 98.2 cm³/mol. The number of guanidine groups is 1. The van der Waals surface area contributed by atoms with E-state index < -0.39 is 5.60 Å². The summed E-state index contributed by atoms with van der Waals surface area (Å²) in [5.74, 6) is 2.57. The van der Waals surface area contributed by atoms with Gasteiger partial charge < -0.3 is 15.7 Å². The Hall–Kier alpha value is -0.200. The molecule has 5 nitrogen and oxygen atoms in total. The molecule has 2 fully saturated rings. The summed E-state index contributed by atoms with van der Waals surface area (Å²) in [4.78, 5) is 4.52. The minimum absolute atomic E-state index is 0. The van der Waals surface area contributed by atoms with Crippen LogP contribution in [0.4, 0.5) is 0 Å². The molecule has 0 aromatic heterocycles. The Morgan fingerprint density at radius 1 is 1.52 bits per heavy atom. The molecule has 0 radical (unpaired) electrons. The topological polar surface area (TPSA) is 80.4 Å². The molecule has 3 unspecified atom stereocenters. The molecule has 7 heteroatoms. The molecule has 1 saturated heterocycles. The molecule has 0 bridgehead atoms. The lowest BCUT2D eigenvalue weighted by molar-refractivity contribution is 0.0778. The monoisotopic (exact) mass is 424 g/mol. The molecule has 1 saturated carbocycles. The second kappa shape index (κ2) is 9.06. The van der Waals surface area contributed by atoms with Crippen LogP contribution in [-0.4, -0.2) is 47.3 Å². The van der Waals surface area contributed by atoms with Crippen molar-refractivity contribution in [1.29, 1.82) is 5.26 Å². The Kier molecular flexibility index (Phi) is 8.13. The summed E-state index contributed by atoms with van der Waals surface area (Å²) < 4.78 is 0. The Balaban J connectivity index is 0.00000220. The number of nitrogens with zero attached hydrogens (tertiary/aromatic N) is 2. The van der Waals surface area contributed by atoms with Crippen LogP contribution in [0.5, 0.6) is 0 Å². The molecule has 120 valence electrons. The minimum Gasteiger partial charge on any atom is -0.387 e. The summed E-state index contributed by atoms with van der Waals surface area (Å²) in [6.07, 6.45) is 3.89. The maximum Gasteiger partial charge on any atom is 0.191 e. The zero-order chi connectivity index (χ0) is 14.4. The van der Waals surface area contributed by atoms with E-state index in [0.717, 1.165) is 49.7 Å². The number of aliphatic hydroxyl groups is 1. The van der Waals surface area contributed by atoms with Crippen LogP contribution in [0.2, 0.25) is 0 Å². The number of aliphatic imine (C=N–C) groups is 1. The highest BCUT2D eigenvalue weighted by atomic mass is 127. The molecular formula is C14H25IN4OS. The third-order valence-corrected chi connectivity index (χ3v) is 5.20. The lowest BCUT2D eigenvalue weighted by atomic mass is 10.0. The van der Waals surface area contributed by atoms with Crippen molar-refractivity contribution in [3.63, 3.8) is 0 Å². The van der Waals surface area contributed by atoms with Crippen molar-refractivity contribution < 1.29 is 5.11 Å². The van der Waals surface area contributed by atoms with Crippen LogP contribution >= 0.6 is 35.7 Å². The first kappa shape index (κ1) is 18.8. The van der Waals surface area contributed by atoms with Crippen molar-refractivity contribution >= 4 is 41.7 Å². The smallest absolute Gasteiger partial charge is 0.191 e. The quantitative estimate of drug-likeness (QED) is 0.364. The van der Waals surface area contributed by atoms with E-state index in [1.165, 1.54) is 0 Å². The Bertz CT molecular complexity index is 393. The van der Waals surface area contributed by atoms with Gasteiger partial charge in [0.25, 0.3) is 0 Å². The van der Waals surface area contributed by atoms with Gasteiger partial charge >= 0.3 is 0 Å². The fourth-order valence-electron chi connectivity index (χ4n) is 2.73. The van der Waals surface area contributed by atoms with E-state index in [0.29, 0.717) is 6.54 Å². The van der Waals surface area contributed by atoms with Gasteiger partial charge in [0, 0.05) is 18.3 Å². The van der Waals surface area contributed by atoms with Crippen LogP contribution in [0.25, 0.3) is 0 Å². The van der Waals surface area contributed by atoms with E-state index in [9.17, 15) is 5.11 Å². The molecule has 2 aliphatic rings. The van der Waals surface area contributed by atoms with Crippen molar-refractivity contribution in [1.82, 2.24) is 10.6 Å². The highest BCUT2D eigenvalue weighted by Gasteiger charge is 2.32. The van der Waals surface area contributed by atoms with Crippen molar-refractivity contribution in [2.75, 3.05) is 24.6 Å². The lowest BCUT2D eigenvalue weighted by Gasteiger charge is -2.22. The Labute approximate surface area is 148 Å². The number of nitrogens with one attached hydrogen (secondary N) is 2. The first-order chi connectivity index (χ1) is 9.67. The van der Waals surface area contributed by atoms with E-state index in [-0.39, 0.29) is 35.9 Å². The molecule has 0 aromatic carbocycles. The molecular weight excluding hydrogens is 399 g/mol. The number of halogens is 1. The van der Waals surface area contributed by atoms with Crippen LogP contribution in [0.3, 0.4) is 0 Å². The maximum absolute atomic E-state index is 10.3. The van der Waals surface area contributed by atoms with Gasteiger partial charge in [0.1, 0.15) is 0 Å². The summed E-state index contributed by atoms with van der Waals surface area (Å²) in [6.45, 7) is 3.23. The Morgan fingerprint density at radius 3 is 2.95 bits per heavy atom. The molecule has 3 N–H and O–H groups in total. The molecule has 21 heavy (non-hydrogen) atoms. The zero-order valence-electron chi connectivity index (χ0n) is 12.5. The second-order valence-corrected chi connectivity index (χ2v) is 6.74. The van der Waals surface area contributed by atoms with Gasteiger partial charge in [-0.1, -0.05) is 0 Å². The SMILES string of the molecule is CCNC(=NCC1(O)CCSC1)NC1CCCC1C#N.I. The van der Waals surface area contributed by atoms with E-state index in [1.54, 1.807) is 11.8 Å². The van der Waals surface area contributed by atoms with Crippen LogP contribution < -0.4 is 10.6 Å². The summed E-state index contributed by atoms with van der Waals surface area (Å²) >= 11 is 1.78. The van der Waals surface area contributed by atoms with Crippen LogP contribution in [0.15, 0.2) is 4.99 Å². The van der Waals surface area contributed by atoms with Crippen LogP contribution in [0, 0.1) is 17.2 Å². The van der Waals surface area contributed by atoms with E-state index in [2.05, 4.69) is 21.7 Å². The highest BCUT2D eigenvalue weighted by molar-refractivity contribution is 14.0. The number of hydrogen-bond donors (Lipinski definition) is 3. The van der Waals surface area contributed by atoms with Gasteiger partial charge in [0.2, 0.25) is 0 Å². The van der Waals surface area contributed by atoms with Gasteiger partial charge in [-0.25, -0.2) is 0 Å². The summed E-state index contributed by atoms with van der Waals surface area (Å²) in [5, 5.41) is 26.0. The van der Waals surface area contributed by atoms with Crippen LogP contribution in [0.1, 0.15) is 32.6 Å². The van der Waals surface area contributed by atoms with Crippen LogP contribution in [-0.2, 0) is 0 Å². The van der Waals surface area contributed by atoms with Crippen molar-refractivity contribution in [2.45, 2.75) is 44.2 Å². The molecule has 2 rings (SSSR count). The molecule has 0 spiro atoms. The second-order valence-electron chi connectivity index (χ2n) is 5.64. The number of rotatable bonds is 4. The first-order valence-electron chi connectivity index (χ1n) is 7.41. The molecule has 0 amide bonds. The minimum atomic E-state index is -0.655. The summed E-state index contributed by atoms with van der Waals surface area (Å²) in [7, 11) is 0. The zero-order valence-corrected chi connectivity index (χ0v) is 15.6. The largest absolute Gasteiger partial charge is 0.387 e. The van der Waals surface area contributed by atoms with E-state index >= 15 is 0 Å². The molecule has 0 aromatic rings. The normalized spacial score (nSPS) is 32.3. The Morgan fingerprint density at radius 2 is 2.33 bits per heavy atom. The van der Waals surface area contributed by atoms with Gasteiger partial charge in [0.05, 0.1) is 24.1 Å². The fraction of sp³-hybridized carbons (Fsp3) is 0.857. The fourth-order valence-corrected chi connectivity index (χ4v) is 4.01. The van der Waals surface area contributed by atoms with Gasteiger partial charge in [-0.2, -0.15) is 17.0 Å². The third-order valence-electron chi connectivity index (χ3n) is 3.96. The molecule has 3 atom stereocenters. The van der Waals surface area contributed by atoms with E-state index in [1.807, 2.05) is 6.92 Å².